The lowest BCUT2D eigenvalue weighted by atomic mass is 10.2. The second-order valence-electron chi connectivity index (χ2n) is 3.56. The highest BCUT2D eigenvalue weighted by Gasteiger charge is 2.07. The van der Waals surface area contributed by atoms with Gasteiger partial charge in [0.25, 0.3) is 0 Å². The van der Waals surface area contributed by atoms with Crippen LogP contribution in [0.4, 0.5) is 0 Å². The summed E-state index contributed by atoms with van der Waals surface area (Å²) in [4.78, 5) is 0. The maximum atomic E-state index is 3.43. The zero-order valence-corrected chi connectivity index (χ0v) is 8.37. The Morgan fingerprint density at radius 1 is 1.14 bits per heavy atom. The van der Waals surface area contributed by atoms with E-state index < -0.39 is 0 Å². The second-order valence-corrected chi connectivity index (χ2v) is 3.56. The molecule has 0 unspecified atom stereocenters. The van der Waals surface area contributed by atoms with Crippen LogP contribution >= 0.6 is 0 Å². The number of piperazine rings is 1. The van der Waals surface area contributed by atoms with Crippen molar-refractivity contribution in [3.8, 4) is 0 Å². The van der Waals surface area contributed by atoms with Gasteiger partial charge in [-0.05, 0) is 5.56 Å². The van der Waals surface area contributed by atoms with Crippen LogP contribution in [-0.2, 0) is 6.54 Å². The molecular formula is C11H17N3. The lowest BCUT2D eigenvalue weighted by molar-refractivity contribution is 0.161. The highest BCUT2D eigenvalue weighted by atomic mass is 15.5. The number of hydrogen-bond donors (Lipinski definition) is 2. The molecule has 1 aliphatic heterocycles. The first kappa shape index (κ1) is 9.65. The Kier molecular flexibility index (Phi) is 3.51. The average Bonchev–Trinajstić information content (AvgIpc) is 2.29. The van der Waals surface area contributed by atoms with Crippen LogP contribution in [-0.4, -0.2) is 31.2 Å². The summed E-state index contributed by atoms with van der Waals surface area (Å²) in [6.07, 6.45) is 0. The Hall–Kier alpha value is -0.900. The average molecular weight is 191 g/mol. The smallest absolute Gasteiger partial charge is 0.0353 e. The quantitative estimate of drug-likeness (QED) is 0.732. The molecule has 0 radical (unpaired) electrons. The molecule has 0 aliphatic carbocycles. The Morgan fingerprint density at radius 3 is 2.57 bits per heavy atom. The molecule has 0 aromatic heterocycles. The van der Waals surface area contributed by atoms with Gasteiger partial charge in [0.05, 0.1) is 0 Å². The van der Waals surface area contributed by atoms with Crippen LogP contribution < -0.4 is 10.7 Å². The minimum Gasteiger partial charge on any atom is -0.314 e. The summed E-state index contributed by atoms with van der Waals surface area (Å²) in [5.41, 5.74) is 4.77. The van der Waals surface area contributed by atoms with E-state index in [4.69, 9.17) is 0 Å². The van der Waals surface area contributed by atoms with E-state index in [9.17, 15) is 0 Å². The maximum Gasteiger partial charge on any atom is 0.0353 e. The first-order valence-electron chi connectivity index (χ1n) is 5.18. The number of benzene rings is 1. The van der Waals surface area contributed by atoms with Gasteiger partial charge >= 0.3 is 0 Å². The Balaban J connectivity index is 1.76. The molecular weight excluding hydrogens is 174 g/mol. The fraction of sp³-hybridized carbons (Fsp3) is 0.455. The normalized spacial score (nSPS) is 18.3. The van der Waals surface area contributed by atoms with Gasteiger partial charge in [0, 0.05) is 32.7 Å². The van der Waals surface area contributed by atoms with Crippen LogP contribution in [0.15, 0.2) is 30.3 Å². The van der Waals surface area contributed by atoms with Gasteiger partial charge in [-0.25, -0.2) is 5.01 Å². The number of nitrogens with one attached hydrogen (secondary N) is 2. The minimum atomic E-state index is 0.931. The molecule has 0 bridgehead atoms. The van der Waals surface area contributed by atoms with Gasteiger partial charge in [-0.2, -0.15) is 0 Å². The lowest BCUT2D eigenvalue weighted by Crippen LogP contribution is -2.49. The monoisotopic (exact) mass is 191 g/mol. The molecule has 1 saturated heterocycles. The number of hydrogen-bond acceptors (Lipinski definition) is 3. The Morgan fingerprint density at radius 2 is 1.86 bits per heavy atom. The van der Waals surface area contributed by atoms with Gasteiger partial charge in [-0.15, -0.1) is 0 Å². The van der Waals surface area contributed by atoms with Crippen LogP contribution in [0.5, 0.6) is 0 Å². The summed E-state index contributed by atoms with van der Waals surface area (Å²) >= 11 is 0. The third kappa shape index (κ3) is 2.80. The van der Waals surface area contributed by atoms with Gasteiger partial charge in [0.2, 0.25) is 0 Å². The summed E-state index contributed by atoms with van der Waals surface area (Å²) in [5.74, 6) is 0. The second kappa shape index (κ2) is 5.10. The molecule has 1 fully saturated rings. The zero-order chi connectivity index (χ0) is 9.64. The molecule has 1 aliphatic rings. The standard InChI is InChI=1S/C11H17N3/c1-2-4-11(5-3-1)10-13-14-8-6-12-7-9-14/h1-5,12-13H,6-10H2. The van der Waals surface area contributed by atoms with Gasteiger partial charge in [0.15, 0.2) is 0 Å². The molecule has 0 spiro atoms. The van der Waals surface area contributed by atoms with Crippen molar-refractivity contribution in [1.29, 1.82) is 0 Å². The molecule has 1 aromatic carbocycles. The van der Waals surface area contributed by atoms with Crippen molar-refractivity contribution in [3.63, 3.8) is 0 Å². The Labute approximate surface area is 85.1 Å². The van der Waals surface area contributed by atoms with Gasteiger partial charge in [-0.1, -0.05) is 30.3 Å². The number of nitrogens with zero attached hydrogens (tertiary/aromatic N) is 1. The van der Waals surface area contributed by atoms with E-state index in [-0.39, 0.29) is 0 Å². The Bertz CT molecular complexity index is 254. The van der Waals surface area contributed by atoms with Crippen molar-refractivity contribution in [2.45, 2.75) is 6.54 Å². The summed E-state index contributed by atoms with van der Waals surface area (Å²) in [5, 5.41) is 5.61. The zero-order valence-electron chi connectivity index (χ0n) is 8.37. The SMILES string of the molecule is c1ccc(CNN2CCNCC2)cc1. The molecule has 2 N–H and O–H groups in total. The molecule has 1 aromatic rings. The first-order valence-corrected chi connectivity index (χ1v) is 5.18. The van der Waals surface area contributed by atoms with E-state index in [1.54, 1.807) is 0 Å². The van der Waals surface area contributed by atoms with E-state index in [1.165, 1.54) is 5.56 Å². The third-order valence-corrected chi connectivity index (χ3v) is 2.47. The van der Waals surface area contributed by atoms with Crippen molar-refractivity contribution >= 4 is 0 Å². The summed E-state index contributed by atoms with van der Waals surface area (Å²) in [7, 11) is 0. The fourth-order valence-electron chi connectivity index (χ4n) is 1.62. The predicted octanol–water partition coefficient (Wildman–Crippen LogP) is 0.596. The van der Waals surface area contributed by atoms with E-state index in [1.807, 2.05) is 6.07 Å². The van der Waals surface area contributed by atoms with Gasteiger partial charge in [-0.3, -0.25) is 5.43 Å². The number of hydrazine groups is 1. The minimum absolute atomic E-state index is 0.931. The van der Waals surface area contributed by atoms with Crippen molar-refractivity contribution in [2.24, 2.45) is 0 Å². The van der Waals surface area contributed by atoms with Crippen molar-refractivity contribution < 1.29 is 0 Å². The highest BCUT2D eigenvalue weighted by molar-refractivity contribution is 5.14. The molecule has 3 heteroatoms. The predicted molar refractivity (Wildman–Crippen MR) is 57.7 cm³/mol. The molecule has 0 saturated carbocycles. The van der Waals surface area contributed by atoms with Crippen molar-refractivity contribution in [1.82, 2.24) is 15.8 Å². The molecule has 0 amide bonds. The molecule has 0 atom stereocenters. The van der Waals surface area contributed by atoms with E-state index in [0.717, 1.165) is 32.7 Å². The van der Waals surface area contributed by atoms with Gasteiger partial charge < -0.3 is 5.32 Å². The topological polar surface area (TPSA) is 27.3 Å². The number of rotatable bonds is 3. The van der Waals surface area contributed by atoms with E-state index >= 15 is 0 Å². The summed E-state index contributed by atoms with van der Waals surface area (Å²) in [6, 6.07) is 10.5. The van der Waals surface area contributed by atoms with Gasteiger partial charge in [0.1, 0.15) is 0 Å². The van der Waals surface area contributed by atoms with Crippen LogP contribution in [0.1, 0.15) is 5.56 Å². The van der Waals surface area contributed by atoms with Crippen molar-refractivity contribution in [2.75, 3.05) is 26.2 Å². The van der Waals surface area contributed by atoms with Crippen molar-refractivity contribution in [3.05, 3.63) is 35.9 Å². The lowest BCUT2D eigenvalue weighted by Gasteiger charge is -2.27. The third-order valence-electron chi connectivity index (χ3n) is 2.47. The highest BCUT2D eigenvalue weighted by Crippen LogP contribution is 1.98. The maximum absolute atomic E-state index is 3.43. The molecule has 3 nitrogen and oxygen atoms in total. The van der Waals surface area contributed by atoms with Crippen LogP contribution in [0.3, 0.4) is 0 Å². The largest absolute Gasteiger partial charge is 0.314 e. The van der Waals surface area contributed by atoms with Crippen LogP contribution in [0.2, 0.25) is 0 Å². The summed E-state index contributed by atoms with van der Waals surface area (Å²) in [6.45, 7) is 5.28. The molecule has 1 heterocycles. The first-order chi connectivity index (χ1) is 6.95. The molecule has 76 valence electrons. The van der Waals surface area contributed by atoms with Crippen LogP contribution in [0.25, 0.3) is 0 Å². The summed E-state index contributed by atoms with van der Waals surface area (Å²) < 4.78 is 0. The van der Waals surface area contributed by atoms with E-state index in [2.05, 4.69) is 40.0 Å². The van der Waals surface area contributed by atoms with Crippen LogP contribution in [0, 0.1) is 0 Å². The molecule has 2 rings (SSSR count). The fourth-order valence-corrected chi connectivity index (χ4v) is 1.62. The molecule has 14 heavy (non-hydrogen) atoms. The van der Waals surface area contributed by atoms with E-state index in [0.29, 0.717) is 0 Å².